The maximum absolute atomic E-state index is 13.9. The van der Waals surface area contributed by atoms with Crippen LogP contribution in [0.2, 0.25) is 0 Å². The molecule has 4 fully saturated rings. The molecule has 0 radical (unpaired) electrons. The van der Waals surface area contributed by atoms with Gasteiger partial charge in [0.1, 0.15) is 0 Å². The Bertz CT molecular complexity index is 1460. The summed E-state index contributed by atoms with van der Waals surface area (Å²) >= 11 is 0. The van der Waals surface area contributed by atoms with E-state index in [1.54, 1.807) is 12.1 Å². The summed E-state index contributed by atoms with van der Waals surface area (Å²) in [6.45, 7) is 0. The smallest absolute Gasteiger partial charge is 0.252 e. The number of carbonyl (C=O) groups excluding carboxylic acids is 1. The van der Waals surface area contributed by atoms with Crippen LogP contribution in [-0.4, -0.2) is 37.1 Å². The highest BCUT2D eigenvalue weighted by Gasteiger charge is 2.44. The van der Waals surface area contributed by atoms with Gasteiger partial charge in [-0.3, -0.25) is 9.78 Å². The molecular weight excluding hydrogens is 482 g/mol. The number of amides is 1. The van der Waals surface area contributed by atoms with E-state index in [-0.39, 0.29) is 23.7 Å². The standard InChI is InChI=1S/C30H33N3O3S/c34-30(25-16-27(19-7-8-19)32-26-4-2-1-3-24(25)26)33-28(29-21-9-12-22(15-21)31-29)20-10-13-23(14-11-20)37(35,36)17-18-5-6-18/h1-4,10-11,13-14,16,18-19,21-22,28-29,31H,5-9,12,15,17H2,(H,33,34)/t21-,22+,28+,29?/m0/s1. The number of rotatable bonds is 8. The average molecular weight is 516 g/mol. The summed E-state index contributed by atoms with van der Waals surface area (Å²) in [6, 6.07) is 17.5. The zero-order chi connectivity index (χ0) is 25.1. The SMILES string of the molecule is O=C(N[C@H](c1ccc(S(=O)(=O)CC2CC2)cc1)C1N[C@@H]2CC[C@H]1C2)c1cc(C2CC2)nc2ccccc12. The highest BCUT2D eigenvalue weighted by molar-refractivity contribution is 7.91. The molecule has 1 amide bonds. The molecule has 7 rings (SSSR count). The minimum Gasteiger partial charge on any atom is -0.344 e. The number of hydrogen-bond acceptors (Lipinski definition) is 5. The molecule has 4 atom stereocenters. The first-order valence-corrected chi connectivity index (χ1v) is 15.4. The third-order valence-corrected chi connectivity index (χ3v) is 10.7. The summed E-state index contributed by atoms with van der Waals surface area (Å²) in [5, 5.41) is 8.00. The number of carbonyl (C=O) groups is 1. The van der Waals surface area contributed by atoms with Gasteiger partial charge in [-0.2, -0.15) is 0 Å². The second kappa shape index (κ2) is 8.91. The number of benzene rings is 2. The second-order valence-corrected chi connectivity index (χ2v) is 13.6. The minimum atomic E-state index is -3.27. The first kappa shape index (κ1) is 23.4. The predicted molar refractivity (Wildman–Crippen MR) is 143 cm³/mol. The molecule has 2 bridgehead atoms. The van der Waals surface area contributed by atoms with Gasteiger partial charge in [-0.25, -0.2) is 8.42 Å². The van der Waals surface area contributed by atoms with Crippen LogP contribution in [0.15, 0.2) is 59.5 Å². The topological polar surface area (TPSA) is 88.2 Å². The number of para-hydroxylation sites is 1. The largest absolute Gasteiger partial charge is 0.344 e. The molecule has 6 nitrogen and oxygen atoms in total. The molecule has 1 saturated heterocycles. The molecule has 1 unspecified atom stereocenters. The van der Waals surface area contributed by atoms with Gasteiger partial charge in [-0.15, -0.1) is 0 Å². The predicted octanol–water partition coefficient (Wildman–Crippen LogP) is 4.91. The fourth-order valence-electron chi connectivity index (χ4n) is 6.42. The van der Waals surface area contributed by atoms with Crippen molar-refractivity contribution < 1.29 is 13.2 Å². The van der Waals surface area contributed by atoms with Crippen molar-refractivity contribution in [3.8, 4) is 0 Å². The van der Waals surface area contributed by atoms with Crippen molar-refractivity contribution in [3.63, 3.8) is 0 Å². The van der Waals surface area contributed by atoms with Gasteiger partial charge in [-0.05, 0) is 86.6 Å². The van der Waals surface area contributed by atoms with E-state index >= 15 is 0 Å². The van der Waals surface area contributed by atoms with E-state index in [1.165, 1.54) is 6.42 Å². The first-order valence-electron chi connectivity index (χ1n) is 13.7. The van der Waals surface area contributed by atoms with Gasteiger partial charge >= 0.3 is 0 Å². The molecule has 37 heavy (non-hydrogen) atoms. The average Bonchev–Trinajstić information content (AvgIpc) is 3.84. The Hall–Kier alpha value is -2.77. The Balaban J connectivity index is 1.22. The highest BCUT2D eigenvalue weighted by atomic mass is 32.2. The normalized spacial score (nSPS) is 25.9. The molecular formula is C30H33N3O3S. The van der Waals surface area contributed by atoms with E-state index in [4.69, 9.17) is 4.98 Å². The maximum atomic E-state index is 13.9. The van der Waals surface area contributed by atoms with Gasteiger partial charge in [0.05, 0.1) is 27.8 Å². The Morgan fingerprint density at radius 2 is 1.78 bits per heavy atom. The van der Waals surface area contributed by atoms with Gasteiger partial charge in [-0.1, -0.05) is 30.3 Å². The van der Waals surface area contributed by atoms with E-state index in [2.05, 4.69) is 10.6 Å². The molecule has 2 heterocycles. The lowest BCUT2D eigenvalue weighted by Gasteiger charge is -2.32. The zero-order valence-corrected chi connectivity index (χ0v) is 21.7. The van der Waals surface area contributed by atoms with Crippen LogP contribution in [0.1, 0.15) is 78.5 Å². The third-order valence-electron chi connectivity index (χ3n) is 8.78. The summed E-state index contributed by atoms with van der Waals surface area (Å²) < 4.78 is 25.6. The van der Waals surface area contributed by atoms with Crippen LogP contribution in [0.4, 0.5) is 0 Å². The van der Waals surface area contributed by atoms with Crippen molar-refractivity contribution >= 4 is 26.6 Å². The molecule has 3 aliphatic carbocycles. The maximum Gasteiger partial charge on any atom is 0.252 e. The summed E-state index contributed by atoms with van der Waals surface area (Å²) in [4.78, 5) is 19.1. The van der Waals surface area contributed by atoms with Crippen molar-refractivity contribution in [1.29, 1.82) is 0 Å². The molecule has 1 aromatic heterocycles. The number of sulfone groups is 1. The second-order valence-electron chi connectivity index (χ2n) is 11.6. The number of hydrogen-bond donors (Lipinski definition) is 2. The Kier molecular flexibility index (Phi) is 5.63. The molecule has 192 valence electrons. The van der Waals surface area contributed by atoms with Crippen LogP contribution >= 0.6 is 0 Å². The minimum absolute atomic E-state index is 0.0968. The Labute approximate surface area is 218 Å². The van der Waals surface area contributed by atoms with Crippen molar-refractivity contribution in [2.75, 3.05) is 5.75 Å². The van der Waals surface area contributed by atoms with Crippen LogP contribution in [0.5, 0.6) is 0 Å². The lowest BCUT2D eigenvalue weighted by molar-refractivity contribution is 0.0922. The highest BCUT2D eigenvalue weighted by Crippen LogP contribution is 2.42. The van der Waals surface area contributed by atoms with Crippen LogP contribution < -0.4 is 10.6 Å². The summed E-state index contributed by atoms with van der Waals surface area (Å²) in [6.07, 6.45) is 7.74. The zero-order valence-electron chi connectivity index (χ0n) is 20.9. The van der Waals surface area contributed by atoms with Crippen LogP contribution in [0.3, 0.4) is 0 Å². The van der Waals surface area contributed by atoms with Gasteiger partial charge in [0.15, 0.2) is 9.84 Å². The number of pyridine rings is 1. The molecule has 2 aromatic carbocycles. The van der Waals surface area contributed by atoms with Gasteiger partial charge in [0, 0.05) is 29.1 Å². The molecule has 2 N–H and O–H groups in total. The van der Waals surface area contributed by atoms with Gasteiger partial charge in [0.25, 0.3) is 5.91 Å². The lowest BCUT2D eigenvalue weighted by Crippen LogP contribution is -2.47. The molecule has 7 heteroatoms. The summed E-state index contributed by atoms with van der Waals surface area (Å²) in [5.74, 6) is 1.40. The van der Waals surface area contributed by atoms with E-state index in [0.29, 0.717) is 34.3 Å². The van der Waals surface area contributed by atoms with Crippen LogP contribution in [-0.2, 0) is 9.84 Å². The van der Waals surface area contributed by atoms with Crippen molar-refractivity contribution in [1.82, 2.24) is 15.6 Å². The lowest BCUT2D eigenvalue weighted by atomic mass is 9.88. The van der Waals surface area contributed by atoms with Crippen LogP contribution in [0, 0.1) is 11.8 Å². The summed E-state index contributed by atoms with van der Waals surface area (Å²) in [7, 11) is -3.27. The van der Waals surface area contributed by atoms with E-state index in [0.717, 1.165) is 60.7 Å². The molecule has 3 aromatic rings. The molecule has 1 aliphatic heterocycles. The first-order chi connectivity index (χ1) is 17.9. The Morgan fingerprint density at radius 1 is 1.00 bits per heavy atom. The van der Waals surface area contributed by atoms with Crippen molar-refractivity contribution in [3.05, 3.63) is 71.4 Å². The van der Waals surface area contributed by atoms with Crippen molar-refractivity contribution in [2.45, 2.75) is 73.9 Å². The van der Waals surface area contributed by atoms with E-state index < -0.39 is 9.84 Å². The van der Waals surface area contributed by atoms with Crippen molar-refractivity contribution in [2.24, 2.45) is 11.8 Å². The Morgan fingerprint density at radius 3 is 2.46 bits per heavy atom. The van der Waals surface area contributed by atoms with Crippen LogP contribution in [0.25, 0.3) is 10.9 Å². The van der Waals surface area contributed by atoms with E-state index in [9.17, 15) is 13.2 Å². The van der Waals surface area contributed by atoms with E-state index in [1.807, 2.05) is 42.5 Å². The number of piperidine rings is 1. The number of aromatic nitrogens is 1. The summed E-state index contributed by atoms with van der Waals surface area (Å²) in [5.41, 5.74) is 3.48. The molecule has 3 saturated carbocycles. The fourth-order valence-corrected chi connectivity index (χ4v) is 8.11. The van der Waals surface area contributed by atoms with Gasteiger partial charge in [0.2, 0.25) is 0 Å². The number of nitrogens with zero attached hydrogens (tertiary/aromatic N) is 1. The monoisotopic (exact) mass is 515 g/mol. The molecule has 0 spiro atoms. The third kappa shape index (κ3) is 4.57. The number of nitrogens with one attached hydrogen (secondary N) is 2. The quantitative estimate of drug-likeness (QED) is 0.445. The number of fused-ring (bicyclic) bond motifs is 3. The fraction of sp³-hybridized carbons (Fsp3) is 0.467. The van der Waals surface area contributed by atoms with Gasteiger partial charge < -0.3 is 10.6 Å². The molecule has 4 aliphatic rings.